The summed E-state index contributed by atoms with van der Waals surface area (Å²) < 4.78 is 5.47. The lowest BCUT2D eigenvalue weighted by atomic mass is 10.2. The molecule has 1 N–H and O–H groups in total. The maximum absolute atomic E-state index is 12.1. The van der Waals surface area contributed by atoms with Crippen molar-refractivity contribution in [3.63, 3.8) is 0 Å². The zero-order chi connectivity index (χ0) is 16.8. The number of anilines is 1. The highest BCUT2D eigenvalue weighted by molar-refractivity contribution is 6.04. The average molecular weight is 312 g/mol. The van der Waals surface area contributed by atoms with Crippen LogP contribution < -0.4 is 10.1 Å². The molecule has 2 rings (SSSR count). The number of rotatable bonds is 6. The largest absolute Gasteiger partial charge is 0.489 e. The monoisotopic (exact) mass is 312 g/mol. The van der Waals surface area contributed by atoms with Crippen LogP contribution in [0.2, 0.25) is 0 Å². The molecule has 23 heavy (non-hydrogen) atoms. The van der Waals surface area contributed by atoms with E-state index in [-0.39, 0.29) is 11.6 Å². The first-order chi connectivity index (χ1) is 11.0. The van der Waals surface area contributed by atoms with E-state index in [0.717, 1.165) is 5.57 Å². The minimum absolute atomic E-state index is 0.0550. The van der Waals surface area contributed by atoms with Gasteiger partial charge in [0.1, 0.15) is 12.4 Å². The van der Waals surface area contributed by atoms with Gasteiger partial charge in [0.25, 0.3) is 11.6 Å². The number of hydrogen-bond donors (Lipinski definition) is 1. The highest BCUT2D eigenvalue weighted by Crippen LogP contribution is 2.18. The number of non-ortho nitro benzene ring substituents is 1. The van der Waals surface area contributed by atoms with Crippen molar-refractivity contribution in [3.8, 4) is 5.75 Å². The number of nitro benzene ring substituents is 1. The summed E-state index contributed by atoms with van der Waals surface area (Å²) in [5.41, 5.74) is 1.82. The van der Waals surface area contributed by atoms with E-state index < -0.39 is 4.92 Å². The number of benzene rings is 2. The number of nitrogens with one attached hydrogen (secondary N) is 1. The Morgan fingerprint density at radius 2 is 1.78 bits per heavy atom. The molecule has 0 heterocycles. The molecule has 0 saturated heterocycles. The van der Waals surface area contributed by atoms with Crippen LogP contribution in [0.3, 0.4) is 0 Å². The summed E-state index contributed by atoms with van der Waals surface area (Å²) in [6, 6.07) is 12.3. The predicted molar refractivity (Wildman–Crippen MR) is 87.8 cm³/mol. The normalized spacial score (nSPS) is 9.96. The molecule has 0 aliphatic rings. The van der Waals surface area contributed by atoms with Gasteiger partial charge in [0.15, 0.2) is 0 Å². The first-order valence-corrected chi connectivity index (χ1v) is 6.89. The molecule has 0 atom stereocenters. The molecule has 0 spiro atoms. The van der Waals surface area contributed by atoms with E-state index >= 15 is 0 Å². The van der Waals surface area contributed by atoms with Crippen molar-refractivity contribution in [2.24, 2.45) is 0 Å². The Hall–Kier alpha value is -3.15. The minimum Gasteiger partial charge on any atom is -0.489 e. The number of nitro groups is 1. The van der Waals surface area contributed by atoms with E-state index in [4.69, 9.17) is 4.74 Å². The highest BCUT2D eigenvalue weighted by Gasteiger charge is 2.09. The molecule has 6 heteroatoms. The van der Waals surface area contributed by atoms with Crippen LogP contribution in [-0.4, -0.2) is 17.4 Å². The Kier molecular flexibility index (Phi) is 5.09. The molecular formula is C17H16N2O4. The fourth-order valence-corrected chi connectivity index (χ4v) is 1.78. The molecular weight excluding hydrogens is 296 g/mol. The van der Waals surface area contributed by atoms with Crippen molar-refractivity contribution in [3.05, 3.63) is 76.4 Å². The third kappa shape index (κ3) is 4.67. The third-order valence-electron chi connectivity index (χ3n) is 2.94. The molecule has 2 aromatic rings. The fourth-order valence-electron chi connectivity index (χ4n) is 1.78. The van der Waals surface area contributed by atoms with Crippen molar-refractivity contribution in [2.45, 2.75) is 6.92 Å². The van der Waals surface area contributed by atoms with E-state index in [1.807, 2.05) is 6.92 Å². The second kappa shape index (κ2) is 7.22. The number of ether oxygens (including phenoxy) is 1. The number of hydrogen-bond acceptors (Lipinski definition) is 4. The lowest BCUT2D eigenvalue weighted by Gasteiger charge is -2.08. The molecule has 0 aliphatic carbocycles. The molecule has 0 unspecified atom stereocenters. The molecule has 118 valence electrons. The molecule has 0 bridgehead atoms. The van der Waals surface area contributed by atoms with E-state index in [1.165, 1.54) is 24.3 Å². The molecule has 0 fully saturated rings. The predicted octanol–water partition coefficient (Wildman–Crippen LogP) is 3.80. The van der Waals surface area contributed by atoms with Gasteiger partial charge in [0, 0.05) is 23.4 Å². The van der Waals surface area contributed by atoms with E-state index in [1.54, 1.807) is 24.3 Å². The number of amides is 1. The van der Waals surface area contributed by atoms with Crippen molar-refractivity contribution >= 4 is 17.3 Å². The molecule has 1 amide bonds. The van der Waals surface area contributed by atoms with Crippen LogP contribution in [0.5, 0.6) is 5.75 Å². The Morgan fingerprint density at radius 1 is 1.17 bits per heavy atom. The van der Waals surface area contributed by atoms with Crippen LogP contribution in [0.25, 0.3) is 0 Å². The van der Waals surface area contributed by atoms with Gasteiger partial charge in [-0.05, 0) is 48.9 Å². The number of carbonyl (C=O) groups is 1. The van der Waals surface area contributed by atoms with Gasteiger partial charge in [0.05, 0.1) is 4.92 Å². The van der Waals surface area contributed by atoms with Crippen LogP contribution in [0.15, 0.2) is 60.7 Å². The van der Waals surface area contributed by atoms with Crippen molar-refractivity contribution in [1.29, 1.82) is 0 Å². The maximum atomic E-state index is 12.1. The first kappa shape index (κ1) is 16.2. The second-order valence-corrected chi connectivity index (χ2v) is 5.03. The van der Waals surface area contributed by atoms with Gasteiger partial charge in [-0.3, -0.25) is 14.9 Å². The Labute approximate surface area is 133 Å². The first-order valence-electron chi connectivity index (χ1n) is 6.89. The topological polar surface area (TPSA) is 81.5 Å². The number of nitrogens with zero attached hydrogens (tertiary/aromatic N) is 1. The third-order valence-corrected chi connectivity index (χ3v) is 2.94. The van der Waals surface area contributed by atoms with Crippen LogP contribution in [0, 0.1) is 10.1 Å². The minimum atomic E-state index is -0.509. The van der Waals surface area contributed by atoms with Crippen molar-refractivity contribution in [1.82, 2.24) is 0 Å². The van der Waals surface area contributed by atoms with Gasteiger partial charge in [-0.1, -0.05) is 6.58 Å². The van der Waals surface area contributed by atoms with Crippen LogP contribution in [0.4, 0.5) is 11.4 Å². The smallest absolute Gasteiger partial charge is 0.269 e. The summed E-state index contributed by atoms with van der Waals surface area (Å²) in [6.07, 6.45) is 0. The molecule has 0 saturated carbocycles. The van der Waals surface area contributed by atoms with Crippen molar-refractivity contribution < 1.29 is 14.5 Å². The summed E-state index contributed by atoms with van der Waals surface area (Å²) in [6.45, 7) is 6.07. The standard InChI is InChI=1S/C17H16N2O4/c1-12(2)11-23-16-9-5-14(6-10-16)18-17(20)13-3-7-15(8-4-13)19(21)22/h3-10H,1,11H2,2H3,(H,18,20). The average Bonchev–Trinajstić information content (AvgIpc) is 2.54. The molecule has 0 radical (unpaired) electrons. The Morgan fingerprint density at radius 3 is 2.30 bits per heavy atom. The lowest BCUT2D eigenvalue weighted by molar-refractivity contribution is -0.384. The summed E-state index contributed by atoms with van der Waals surface area (Å²) in [7, 11) is 0. The van der Waals surface area contributed by atoms with Gasteiger partial charge in [-0.2, -0.15) is 0 Å². The highest BCUT2D eigenvalue weighted by atomic mass is 16.6. The fraction of sp³-hybridized carbons (Fsp3) is 0.118. The summed E-state index contributed by atoms with van der Waals surface area (Å²) in [5, 5.41) is 13.3. The van der Waals surface area contributed by atoms with Crippen LogP contribution >= 0.6 is 0 Å². The van der Waals surface area contributed by atoms with E-state index in [9.17, 15) is 14.9 Å². The second-order valence-electron chi connectivity index (χ2n) is 5.03. The van der Waals surface area contributed by atoms with Gasteiger partial charge >= 0.3 is 0 Å². The van der Waals surface area contributed by atoms with Crippen LogP contribution in [-0.2, 0) is 0 Å². The number of carbonyl (C=O) groups excluding carboxylic acids is 1. The SMILES string of the molecule is C=C(C)COc1ccc(NC(=O)c2ccc([N+](=O)[O-])cc2)cc1. The van der Waals surface area contributed by atoms with Gasteiger partial charge in [-0.15, -0.1) is 0 Å². The van der Waals surface area contributed by atoms with Gasteiger partial charge in [0.2, 0.25) is 0 Å². The summed E-state index contributed by atoms with van der Waals surface area (Å²) >= 11 is 0. The summed E-state index contributed by atoms with van der Waals surface area (Å²) in [4.78, 5) is 22.2. The van der Waals surface area contributed by atoms with E-state index in [0.29, 0.717) is 23.6 Å². The Bertz CT molecular complexity index is 721. The molecule has 2 aromatic carbocycles. The van der Waals surface area contributed by atoms with Crippen molar-refractivity contribution in [2.75, 3.05) is 11.9 Å². The lowest BCUT2D eigenvalue weighted by Crippen LogP contribution is -2.11. The Balaban J connectivity index is 1.99. The maximum Gasteiger partial charge on any atom is 0.269 e. The molecule has 6 nitrogen and oxygen atoms in total. The molecule has 0 aliphatic heterocycles. The molecule has 0 aromatic heterocycles. The van der Waals surface area contributed by atoms with Gasteiger partial charge in [-0.25, -0.2) is 0 Å². The van der Waals surface area contributed by atoms with Crippen LogP contribution in [0.1, 0.15) is 17.3 Å². The van der Waals surface area contributed by atoms with E-state index in [2.05, 4.69) is 11.9 Å². The summed E-state index contributed by atoms with van der Waals surface area (Å²) in [5.74, 6) is 0.344. The van der Waals surface area contributed by atoms with Gasteiger partial charge < -0.3 is 10.1 Å². The zero-order valence-corrected chi connectivity index (χ0v) is 12.6. The quantitative estimate of drug-likeness (QED) is 0.499. The zero-order valence-electron chi connectivity index (χ0n) is 12.6.